The van der Waals surface area contributed by atoms with Crippen LogP contribution in [0.5, 0.6) is 0 Å². The Morgan fingerprint density at radius 1 is 1.00 bits per heavy atom. The van der Waals surface area contributed by atoms with Crippen molar-refractivity contribution >= 4 is 22.0 Å². The van der Waals surface area contributed by atoms with Crippen LogP contribution in [0.1, 0.15) is 15.9 Å². The molecule has 0 saturated heterocycles. The summed E-state index contributed by atoms with van der Waals surface area (Å²) in [5.41, 5.74) is 1.16. The van der Waals surface area contributed by atoms with E-state index in [2.05, 4.69) is 4.74 Å². The molecule has 0 spiro atoms. The summed E-state index contributed by atoms with van der Waals surface area (Å²) in [5.74, 6) is -1.46. The number of aryl methyl sites for hydroxylation is 1. The summed E-state index contributed by atoms with van der Waals surface area (Å²) in [6, 6.07) is 14.3. The molecule has 26 heavy (non-hydrogen) atoms. The van der Waals surface area contributed by atoms with Gasteiger partial charge in [0.15, 0.2) is 6.73 Å². The second kappa shape index (κ2) is 8.59. The molecule has 0 fully saturated rings. The minimum atomic E-state index is -4.05. The van der Waals surface area contributed by atoms with Crippen molar-refractivity contribution in [1.82, 2.24) is 4.31 Å². The van der Waals surface area contributed by atoms with Gasteiger partial charge in [-0.25, -0.2) is 13.2 Å². The smallest absolute Gasteiger partial charge is 0.339 e. The maximum Gasteiger partial charge on any atom is 0.339 e. The summed E-state index contributed by atoms with van der Waals surface area (Å²) in [5, 5.41) is 0. The second-order valence-electron chi connectivity index (χ2n) is 5.43. The zero-order valence-corrected chi connectivity index (χ0v) is 15.2. The Hall–Kier alpha value is -2.71. The topological polar surface area (TPSA) is 90.0 Å². The SMILES string of the molecule is COC(=O)CN(COC(=O)c1ccccc1)S(=O)(=O)c1ccc(C)cc1. The molecule has 2 aromatic carbocycles. The molecule has 0 aliphatic heterocycles. The Labute approximate surface area is 152 Å². The maximum absolute atomic E-state index is 12.8. The average molecular weight is 377 g/mol. The summed E-state index contributed by atoms with van der Waals surface area (Å²) in [6.07, 6.45) is 0. The molecule has 0 N–H and O–H groups in total. The molecular weight excluding hydrogens is 358 g/mol. The number of sulfonamides is 1. The predicted octanol–water partition coefficient (Wildman–Crippen LogP) is 1.97. The lowest BCUT2D eigenvalue weighted by Crippen LogP contribution is -2.38. The number of esters is 2. The zero-order valence-electron chi connectivity index (χ0n) is 14.4. The molecule has 138 valence electrons. The third kappa shape index (κ3) is 4.90. The Bertz CT molecular complexity index is 862. The summed E-state index contributed by atoms with van der Waals surface area (Å²) >= 11 is 0. The number of methoxy groups -OCH3 is 1. The van der Waals surface area contributed by atoms with Gasteiger partial charge in [0.05, 0.1) is 17.6 Å². The van der Waals surface area contributed by atoms with Gasteiger partial charge in [0.1, 0.15) is 6.54 Å². The summed E-state index contributed by atoms with van der Waals surface area (Å²) < 4.78 is 35.9. The lowest BCUT2D eigenvalue weighted by Gasteiger charge is -2.20. The summed E-state index contributed by atoms with van der Waals surface area (Å²) in [7, 11) is -2.90. The summed E-state index contributed by atoms with van der Waals surface area (Å²) in [4.78, 5) is 23.6. The predicted molar refractivity (Wildman–Crippen MR) is 93.8 cm³/mol. The van der Waals surface area contributed by atoms with Gasteiger partial charge < -0.3 is 9.47 Å². The van der Waals surface area contributed by atoms with Gasteiger partial charge in [-0.3, -0.25) is 4.79 Å². The lowest BCUT2D eigenvalue weighted by molar-refractivity contribution is -0.141. The van der Waals surface area contributed by atoms with E-state index in [4.69, 9.17) is 4.74 Å². The second-order valence-corrected chi connectivity index (χ2v) is 7.37. The van der Waals surface area contributed by atoms with Crippen LogP contribution >= 0.6 is 0 Å². The first-order valence-corrected chi connectivity index (χ1v) is 9.14. The van der Waals surface area contributed by atoms with Gasteiger partial charge in [0, 0.05) is 0 Å². The van der Waals surface area contributed by atoms with Crippen LogP contribution in [0.3, 0.4) is 0 Å². The molecule has 0 saturated carbocycles. The standard InChI is InChI=1S/C18H19NO6S/c1-14-8-10-16(11-9-14)26(22,23)19(12-17(20)24-2)13-25-18(21)15-6-4-3-5-7-15/h3-11H,12-13H2,1-2H3. The monoisotopic (exact) mass is 377 g/mol. The highest BCUT2D eigenvalue weighted by Crippen LogP contribution is 2.17. The van der Waals surface area contributed by atoms with E-state index in [0.717, 1.165) is 17.0 Å². The van der Waals surface area contributed by atoms with E-state index in [9.17, 15) is 18.0 Å². The molecule has 0 atom stereocenters. The molecule has 0 unspecified atom stereocenters. The number of ether oxygens (including phenoxy) is 2. The van der Waals surface area contributed by atoms with Gasteiger partial charge in [0.2, 0.25) is 10.0 Å². The fraction of sp³-hybridized carbons (Fsp3) is 0.222. The van der Waals surface area contributed by atoms with E-state index in [1.807, 2.05) is 6.92 Å². The van der Waals surface area contributed by atoms with E-state index in [0.29, 0.717) is 0 Å². The van der Waals surface area contributed by atoms with Crippen molar-refractivity contribution in [1.29, 1.82) is 0 Å². The van der Waals surface area contributed by atoms with Crippen LogP contribution in [-0.2, 0) is 24.3 Å². The van der Waals surface area contributed by atoms with E-state index < -0.39 is 35.2 Å². The van der Waals surface area contributed by atoms with Crippen molar-refractivity contribution in [3.63, 3.8) is 0 Å². The Balaban J connectivity index is 2.21. The minimum absolute atomic E-state index is 0.0113. The molecule has 2 aromatic rings. The quantitative estimate of drug-likeness (QED) is 0.541. The molecular formula is C18H19NO6S. The minimum Gasteiger partial charge on any atom is -0.468 e. The van der Waals surface area contributed by atoms with Crippen LogP contribution in [0, 0.1) is 6.92 Å². The van der Waals surface area contributed by atoms with Crippen molar-refractivity contribution in [2.75, 3.05) is 20.4 Å². The first-order valence-electron chi connectivity index (χ1n) is 7.70. The van der Waals surface area contributed by atoms with Gasteiger partial charge in [-0.15, -0.1) is 0 Å². The van der Waals surface area contributed by atoms with Crippen molar-refractivity contribution < 1.29 is 27.5 Å². The first-order chi connectivity index (χ1) is 12.3. The van der Waals surface area contributed by atoms with Gasteiger partial charge in [-0.1, -0.05) is 35.9 Å². The number of nitrogens with zero attached hydrogens (tertiary/aromatic N) is 1. The van der Waals surface area contributed by atoms with E-state index >= 15 is 0 Å². The lowest BCUT2D eigenvalue weighted by atomic mass is 10.2. The third-order valence-electron chi connectivity index (χ3n) is 3.54. The molecule has 0 amide bonds. The molecule has 0 aliphatic carbocycles. The van der Waals surface area contributed by atoms with Crippen LogP contribution in [-0.4, -0.2) is 45.0 Å². The fourth-order valence-corrected chi connectivity index (χ4v) is 3.30. The van der Waals surface area contributed by atoms with E-state index in [1.165, 1.54) is 12.1 Å². The Morgan fingerprint density at radius 3 is 2.19 bits per heavy atom. The molecule has 0 aliphatic rings. The van der Waals surface area contributed by atoms with E-state index in [-0.39, 0.29) is 10.5 Å². The van der Waals surface area contributed by atoms with Crippen LogP contribution in [0.2, 0.25) is 0 Å². The van der Waals surface area contributed by atoms with Crippen molar-refractivity contribution in [2.24, 2.45) is 0 Å². The normalized spacial score (nSPS) is 11.2. The molecule has 0 radical (unpaired) electrons. The highest BCUT2D eigenvalue weighted by atomic mass is 32.2. The van der Waals surface area contributed by atoms with Crippen molar-refractivity contribution in [2.45, 2.75) is 11.8 Å². The average Bonchev–Trinajstić information content (AvgIpc) is 2.65. The van der Waals surface area contributed by atoms with Gasteiger partial charge >= 0.3 is 11.9 Å². The molecule has 7 nitrogen and oxygen atoms in total. The molecule has 0 bridgehead atoms. The van der Waals surface area contributed by atoms with Crippen LogP contribution in [0.25, 0.3) is 0 Å². The largest absolute Gasteiger partial charge is 0.468 e. The molecule has 0 heterocycles. The third-order valence-corrected chi connectivity index (χ3v) is 5.32. The highest BCUT2D eigenvalue weighted by molar-refractivity contribution is 7.89. The first kappa shape index (κ1) is 19.6. The van der Waals surface area contributed by atoms with Crippen molar-refractivity contribution in [3.05, 3.63) is 65.7 Å². The highest BCUT2D eigenvalue weighted by Gasteiger charge is 2.28. The Kier molecular flexibility index (Phi) is 6.48. The van der Waals surface area contributed by atoms with Crippen LogP contribution in [0.15, 0.2) is 59.5 Å². The van der Waals surface area contributed by atoms with Gasteiger partial charge in [-0.05, 0) is 31.2 Å². The summed E-state index contributed by atoms with van der Waals surface area (Å²) in [6.45, 7) is 0.637. The van der Waals surface area contributed by atoms with Crippen molar-refractivity contribution in [3.8, 4) is 0 Å². The maximum atomic E-state index is 12.8. The van der Waals surface area contributed by atoms with Gasteiger partial charge in [0.25, 0.3) is 0 Å². The number of carbonyl (C=O) groups excluding carboxylic acids is 2. The zero-order chi connectivity index (χ0) is 19.2. The number of hydrogen-bond donors (Lipinski definition) is 0. The number of rotatable bonds is 7. The van der Waals surface area contributed by atoms with Crippen LogP contribution in [0.4, 0.5) is 0 Å². The fourth-order valence-electron chi connectivity index (χ4n) is 2.06. The number of hydrogen-bond acceptors (Lipinski definition) is 6. The van der Waals surface area contributed by atoms with Gasteiger partial charge in [-0.2, -0.15) is 4.31 Å². The Morgan fingerprint density at radius 2 is 1.62 bits per heavy atom. The van der Waals surface area contributed by atoms with Crippen LogP contribution < -0.4 is 0 Å². The van der Waals surface area contributed by atoms with E-state index in [1.54, 1.807) is 42.5 Å². The molecule has 0 aromatic heterocycles. The molecule has 2 rings (SSSR count). The number of carbonyl (C=O) groups is 2. The number of benzene rings is 2. The molecule has 8 heteroatoms.